The number of hydrogen-bond donors (Lipinski definition) is 2. The number of anilines is 1. The van der Waals surface area contributed by atoms with Crippen molar-refractivity contribution in [2.45, 2.75) is 19.3 Å². The van der Waals surface area contributed by atoms with Gasteiger partial charge < -0.3 is 5.32 Å². The van der Waals surface area contributed by atoms with E-state index in [0.717, 1.165) is 23.7 Å². The van der Waals surface area contributed by atoms with Gasteiger partial charge in [-0.25, -0.2) is 0 Å². The molecule has 2 aromatic heterocycles. The summed E-state index contributed by atoms with van der Waals surface area (Å²) in [7, 11) is 0. The Hall–Kier alpha value is -1.36. The summed E-state index contributed by atoms with van der Waals surface area (Å²) >= 11 is 5.83. The minimum atomic E-state index is 0.243. The maximum Gasteiger partial charge on any atom is 0.226 e. The summed E-state index contributed by atoms with van der Waals surface area (Å²) in [5.41, 5.74) is 0.677. The van der Waals surface area contributed by atoms with Gasteiger partial charge in [-0.2, -0.15) is 15.1 Å². The normalized spacial score (nSPS) is 16.3. The highest BCUT2D eigenvalue weighted by Gasteiger charge is 2.18. The second kappa shape index (κ2) is 3.90. The molecule has 1 aliphatic carbocycles. The Balaban J connectivity index is 1.85. The van der Waals surface area contributed by atoms with Gasteiger partial charge in [0.2, 0.25) is 5.28 Å². The largest absolute Gasteiger partial charge is 0.369 e. The first-order valence-electron chi connectivity index (χ1n) is 5.43. The Labute approximate surface area is 97.6 Å². The summed E-state index contributed by atoms with van der Waals surface area (Å²) in [6.45, 7) is 0.952. The van der Waals surface area contributed by atoms with Crippen LogP contribution in [0.4, 0.5) is 5.82 Å². The van der Waals surface area contributed by atoms with Gasteiger partial charge in [0.15, 0.2) is 5.65 Å². The first-order valence-corrected chi connectivity index (χ1v) is 5.81. The van der Waals surface area contributed by atoms with Gasteiger partial charge in [-0.3, -0.25) is 5.10 Å². The average Bonchev–Trinajstić information content (AvgIpc) is 2.62. The molecule has 2 N–H and O–H groups in total. The Morgan fingerprint density at radius 1 is 1.44 bits per heavy atom. The fraction of sp³-hybridized carbons (Fsp3) is 0.500. The van der Waals surface area contributed by atoms with E-state index in [-0.39, 0.29) is 5.28 Å². The van der Waals surface area contributed by atoms with Crippen LogP contribution in [0.25, 0.3) is 11.0 Å². The van der Waals surface area contributed by atoms with E-state index in [1.165, 1.54) is 19.3 Å². The molecule has 0 atom stereocenters. The number of H-pyrrole nitrogens is 1. The molecule has 0 bridgehead atoms. The standard InChI is InChI=1S/C10H12ClN5/c11-10-14-8(12-4-6-2-1-3-6)7-5-13-16-9(7)15-10/h5-6H,1-4H2,(H2,12,13,14,15,16). The third-order valence-corrected chi connectivity index (χ3v) is 3.23. The van der Waals surface area contributed by atoms with Crippen molar-refractivity contribution >= 4 is 28.5 Å². The van der Waals surface area contributed by atoms with Crippen LogP contribution in [-0.2, 0) is 0 Å². The fourth-order valence-corrected chi connectivity index (χ4v) is 2.05. The summed E-state index contributed by atoms with van der Waals surface area (Å²) in [6.07, 6.45) is 5.67. The Morgan fingerprint density at radius 3 is 3.06 bits per heavy atom. The molecule has 84 valence electrons. The van der Waals surface area contributed by atoms with Gasteiger partial charge in [0.25, 0.3) is 0 Å². The zero-order chi connectivity index (χ0) is 11.0. The smallest absolute Gasteiger partial charge is 0.226 e. The zero-order valence-corrected chi connectivity index (χ0v) is 9.46. The molecule has 1 saturated carbocycles. The Morgan fingerprint density at radius 2 is 2.31 bits per heavy atom. The molecule has 0 radical (unpaired) electrons. The van der Waals surface area contributed by atoms with E-state index in [4.69, 9.17) is 11.6 Å². The van der Waals surface area contributed by atoms with E-state index in [1.807, 2.05) is 0 Å². The summed E-state index contributed by atoms with van der Waals surface area (Å²) in [4.78, 5) is 8.24. The van der Waals surface area contributed by atoms with E-state index in [2.05, 4.69) is 25.5 Å². The molecule has 0 saturated heterocycles. The lowest BCUT2D eigenvalue weighted by Crippen LogP contribution is -2.21. The van der Waals surface area contributed by atoms with Crippen molar-refractivity contribution in [1.82, 2.24) is 20.2 Å². The van der Waals surface area contributed by atoms with Gasteiger partial charge in [0, 0.05) is 6.54 Å². The molecule has 2 heterocycles. The molecular formula is C10H12ClN5. The topological polar surface area (TPSA) is 66.5 Å². The SMILES string of the molecule is Clc1nc(NCC2CCC2)c2cn[nH]c2n1. The first kappa shape index (κ1) is 9.84. The van der Waals surface area contributed by atoms with Crippen molar-refractivity contribution in [1.29, 1.82) is 0 Å². The molecule has 5 nitrogen and oxygen atoms in total. The molecule has 1 aliphatic rings. The van der Waals surface area contributed by atoms with Crippen LogP contribution >= 0.6 is 11.6 Å². The molecule has 0 aliphatic heterocycles. The highest BCUT2D eigenvalue weighted by Crippen LogP contribution is 2.27. The van der Waals surface area contributed by atoms with E-state index in [1.54, 1.807) is 6.20 Å². The average molecular weight is 238 g/mol. The van der Waals surface area contributed by atoms with Gasteiger partial charge in [-0.15, -0.1) is 0 Å². The second-order valence-electron chi connectivity index (χ2n) is 4.15. The van der Waals surface area contributed by atoms with E-state index in [0.29, 0.717) is 5.65 Å². The summed E-state index contributed by atoms with van der Waals surface area (Å²) in [5.74, 6) is 1.55. The predicted octanol–water partition coefficient (Wildman–Crippen LogP) is 2.22. The minimum absolute atomic E-state index is 0.243. The number of halogens is 1. The number of aromatic nitrogens is 4. The molecule has 0 aromatic carbocycles. The number of nitrogens with zero attached hydrogens (tertiary/aromatic N) is 3. The van der Waals surface area contributed by atoms with Gasteiger partial charge in [0.05, 0.1) is 11.6 Å². The Bertz CT molecular complexity index is 505. The summed E-state index contributed by atoms with van der Waals surface area (Å²) < 4.78 is 0. The van der Waals surface area contributed by atoms with Crippen LogP contribution in [0.2, 0.25) is 5.28 Å². The maximum absolute atomic E-state index is 5.83. The maximum atomic E-state index is 5.83. The van der Waals surface area contributed by atoms with Crippen LogP contribution in [0.3, 0.4) is 0 Å². The molecule has 2 aromatic rings. The Kier molecular flexibility index (Phi) is 2.40. The fourth-order valence-electron chi connectivity index (χ4n) is 1.88. The van der Waals surface area contributed by atoms with E-state index in [9.17, 15) is 0 Å². The molecule has 6 heteroatoms. The minimum Gasteiger partial charge on any atom is -0.369 e. The van der Waals surface area contributed by atoms with Gasteiger partial charge >= 0.3 is 0 Å². The number of rotatable bonds is 3. The number of aromatic amines is 1. The van der Waals surface area contributed by atoms with Crippen molar-refractivity contribution in [2.75, 3.05) is 11.9 Å². The molecular weight excluding hydrogens is 226 g/mol. The third kappa shape index (κ3) is 1.71. The van der Waals surface area contributed by atoms with Crippen molar-refractivity contribution < 1.29 is 0 Å². The molecule has 1 fully saturated rings. The zero-order valence-electron chi connectivity index (χ0n) is 8.70. The quantitative estimate of drug-likeness (QED) is 0.804. The molecule has 16 heavy (non-hydrogen) atoms. The lowest BCUT2D eigenvalue weighted by Gasteiger charge is -2.25. The number of hydrogen-bond acceptors (Lipinski definition) is 4. The molecule has 0 spiro atoms. The van der Waals surface area contributed by atoms with Crippen molar-refractivity contribution in [3.8, 4) is 0 Å². The van der Waals surface area contributed by atoms with Crippen LogP contribution in [0, 0.1) is 5.92 Å². The van der Waals surface area contributed by atoms with Crippen LogP contribution < -0.4 is 5.32 Å². The van der Waals surface area contributed by atoms with E-state index >= 15 is 0 Å². The summed E-state index contributed by atoms with van der Waals surface area (Å²) in [6, 6.07) is 0. The molecule has 3 rings (SSSR count). The van der Waals surface area contributed by atoms with Gasteiger partial charge in [-0.05, 0) is 30.4 Å². The molecule has 0 amide bonds. The predicted molar refractivity (Wildman–Crippen MR) is 62.5 cm³/mol. The van der Waals surface area contributed by atoms with Crippen molar-refractivity contribution in [2.24, 2.45) is 5.92 Å². The lowest BCUT2D eigenvalue weighted by atomic mass is 9.85. The van der Waals surface area contributed by atoms with Crippen LogP contribution in [0.15, 0.2) is 6.20 Å². The highest BCUT2D eigenvalue weighted by atomic mass is 35.5. The van der Waals surface area contributed by atoms with Gasteiger partial charge in [0.1, 0.15) is 5.82 Å². The second-order valence-corrected chi connectivity index (χ2v) is 4.49. The highest BCUT2D eigenvalue weighted by molar-refractivity contribution is 6.28. The third-order valence-electron chi connectivity index (χ3n) is 3.07. The van der Waals surface area contributed by atoms with Crippen molar-refractivity contribution in [3.63, 3.8) is 0 Å². The van der Waals surface area contributed by atoms with Crippen LogP contribution in [0.5, 0.6) is 0 Å². The number of fused-ring (bicyclic) bond motifs is 1. The monoisotopic (exact) mass is 237 g/mol. The summed E-state index contributed by atoms with van der Waals surface area (Å²) in [5, 5.41) is 11.2. The molecule has 0 unspecified atom stereocenters. The van der Waals surface area contributed by atoms with Crippen LogP contribution in [0.1, 0.15) is 19.3 Å². The van der Waals surface area contributed by atoms with Crippen LogP contribution in [-0.4, -0.2) is 26.7 Å². The first-order chi connectivity index (χ1) is 7.83. The van der Waals surface area contributed by atoms with Crippen molar-refractivity contribution in [3.05, 3.63) is 11.5 Å². The lowest BCUT2D eigenvalue weighted by molar-refractivity contribution is 0.333. The van der Waals surface area contributed by atoms with Gasteiger partial charge in [-0.1, -0.05) is 6.42 Å². The number of nitrogens with one attached hydrogen (secondary N) is 2. The van der Waals surface area contributed by atoms with E-state index < -0.39 is 0 Å².